The summed E-state index contributed by atoms with van der Waals surface area (Å²) >= 11 is 0. The number of methoxy groups -OCH3 is 3. The van der Waals surface area contributed by atoms with Crippen LogP contribution in [0.5, 0.6) is 17.2 Å². The van der Waals surface area contributed by atoms with Crippen LogP contribution in [0.1, 0.15) is 28.3 Å². The van der Waals surface area contributed by atoms with Gasteiger partial charge in [-0.05, 0) is 59.9 Å². The highest BCUT2D eigenvalue weighted by Crippen LogP contribution is 2.41. The fourth-order valence-corrected chi connectivity index (χ4v) is 4.49. The topological polar surface area (TPSA) is 60.0 Å². The fourth-order valence-electron chi connectivity index (χ4n) is 4.49. The van der Waals surface area contributed by atoms with E-state index in [1.54, 1.807) is 21.3 Å². The van der Waals surface area contributed by atoms with Gasteiger partial charge in [-0.25, -0.2) is 0 Å². The molecule has 0 bridgehead atoms. The molecule has 1 aliphatic heterocycles. The summed E-state index contributed by atoms with van der Waals surface area (Å²) < 4.78 is 16.5. The van der Waals surface area contributed by atoms with E-state index in [1.165, 1.54) is 5.56 Å². The maximum atomic E-state index is 13.1. The number of benzene rings is 3. The number of nitrogens with one attached hydrogen (secondary N) is 1. The number of anilines is 1. The number of carbonyl (C=O) groups is 1. The lowest BCUT2D eigenvalue weighted by atomic mass is 9.87. The molecule has 0 saturated heterocycles. The lowest BCUT2D eigenvalue weighted by Crippen LogP contribution is -2.41. The summed E-state index contributed by atoms with van der Waals surface area (Å²) in [4.78, 5) is 15.3. The Labute approximate surface area is 195 Å². The first-order valence-electron chi connectivity index (χ1n) is 11.0. The van der Waals surface area contributed by atoms with Crippen LogP contribution in [0.15, 0.2) is 60.7 Å². The normalized spacial score (nSPS) is 15.5. The molecular weight excluding hydrogens is 416 g/mol. The van der Waals surface area contributed by atoms with Gasteiger partial charge in [0.05, 0.1) is 39.6 Å². The summed E-state index contributed by atoms with van der Waals surface area (Å²) in [6, 6.07) is 20.0. The lowest BCUT2D eigenvalue weighted by molar-refractivity contribution is -0.117. The van der Waals surface area contributed by atoms with Gasteiger partial charge in [-0.2, -0.15) is 0 Å². The average molecular weight is 447 g/mol. The Hall–Kier alpha value is -3.51. The monoisotopic (exact) mass is 446 g/mol. The minimum atomic E-state index is -0.0799. The van der Waals surface area contributed by atoms with E-state index >= 15 is 0 Å². The van der Waals surface area contributed by atoms with E-state index < -0.39 is 0 Å². The van der Waals surface area contributed by atoms with Crippen molar-refractivity contribution >= 4 is 11.6 Å². The highest BCUT2D eigenvalue weighted by atomic mass is 16.5. The van der Waals surface area contributed by atoms with Crippen molar-refractivity contribution < 1.29 is 19.0 Å². The fraction of sp³-hybridized carbons (Fsp3) is 0.296. The molecule has 172 valence electrons. The van der Waals surface area contributed by atoms with Crippen molar-refractivity contribution in [1.82, 2.24) is 4.90 Å². The Kier molecular flexibility index (Phi) is 6.84. The molecule has 1 unspecified atom stereocenters. The van der Waals surface area contributed by atoms with E-state index in [1.807, 2.05) is 49.4 Å². The zero-order chi connectivity index (χ0) is 23.4. The number of nitrogens with zero attached hydrogens (tertiary/aromatic N) is 1. The van der Waals surface area contributed by atoms with Crippen molar-refractivity contribution in [2.45, 2.75) is 19.4 Å². The SMILES string of the molecule is COc1ccc(C)cc1NC(=O)CN1CCc2cc(OC)c(OC)cc2C1c1ccccc1. The van der Waals surface area contributed by atoms with Crippen LogP contribution in [0.3, 0.4) is 0 Å². The van der Waals surface area contributed by atoms with Crippen LogP contribution in [0, 0.1) is 6.92 Å². The highest BCUT2D eigenvalue weighted by molar-refractivity contribution is 5.94. The smallest absolute Gasteiger partial charge is 0.238 e. The summed E-state index contributed by atoms with van der Waals surface area (Å²) in [5.41, 5.74) is 5.21. The van der Waals surface area contributed by atoms with Crippen LogP contribution >= 0.6 is 0 Å². The van der Waals surface area contributed by atoms with Crippen LogP contribution in [-0.2, 0) is 11.2 Å². The summed E-state index contributed by atoms with van der Waals surface area (Å²) in [5, 5.41) is 3.04. The number of hydrogen-bond donors (Lipinski definition) is 1. The van der Waals surface area contributed by atoms with Crippen molar-refractivity contribution in [3.05, 3.63) is 82.9 Å². The Morgan fingerprint density at radius 2 is 1.64 bits per heavy atom. The molecule has 1 heterocycles. The second kappa shape index (κ2) is 9.96. The molecule has 0 spiro atoms. The summed E-state index contributed by atoms with van der Waals surface area (Å²) in [6.07, 6.45) is 0.820. The van der Waals surface area contributed by atoms with E-state index in [0.717, 1.165) is 35.4 Å². The van der Waals surface area contributed by atoms with Crippen molar-refractivity contribution in [2.75, 3.05) is 39.7 Å². The molecule has 0 radical (unpaired) electrons. The molecule has 1 amide bonds. The molecule has 0 saturated carbocycles. The first-order chi connectivity index (χ1) is 16.0. The first-order valence-corrected chi connectivity index (χ1v) is 11.0. The second-order valence-corrected chi connectivity index (χ2v) is 8.19. The van der Waals surface area contributed by atoms with Gasteiger partial charge in [-0.15, -0.1) is 0 Å². The Morgan fingerprint density at radius 1 is 0.939 bits per heavy atom. The molecule has 1 N–H and O–H groups in total. The molecule has 0 fully saturated rings. The molecule has 33 heavy (non-hydrogen) atoms. The molecular formula is C27H30N2O4. The largest absolute Gasteiger partial charge is 0.495 e. The molecule has 1 atom stereocenters. The van der Waals surface area contributed by atoms with E-state index in [2.05, 4.69) is 28.4 Å². The van der Waals surface area contributed by atoms with Crippen LogP contribution in [-0.4, -0.2) is 45.2 Å². The molecule has 6 heteroatoms. The lowest BCUT2D eigenvalue weighted by Gasteiger charge is -2.37. The van der Waals surface area contributed by atoms with Gasteiger partial charge in [-0.3, -0.25) is 9.69 Å². The van der Waals surface area contributed by atoms with Gasteiger partial charge in [0.2, 0.25) is 5.91 Å². The van der Waals surface area contributed by atoms with E-state index in [0.29, 0.717) is 17.2 Å². The minimum absolute atomic E-state index is 0.0695. The van der Waals surface area contributed by atoms with Crippen molar-refractivity contribution in [1.29, 1.82) is 0 Å². The van der Waals surface area contributed by atoms with Gasteiger partial charge in [0.1, 0.15) is 5.75 Å². The van der Waals surface area contributed by atoms with Gasteiger partial charge in [0.15, 0.2) is 11.5 Å². The zero-order valence-corrected chi connectivity index (χ0v) is 19.6. The summed E-state index contributed by atoms with van der Waals surface area (Å²) in [5.74, 6) is 1.98. The number of amides is 1. The van der Waals surface area contributed by atoms with Gasteiger partial charge in [-0.1, -0.05) is 36.4 Å². The minimum Gasteiger partial charge on any atom is -0.495 e. The van der Waals surface area contributed by atoms with Crippen molar-refractivity contribution in [3.8, 4) is 17.2 Å². The van der Waals surface area contributed by atoms with Crippen LogP contribution < -0.4 is 19.5 Å². The molecule has 0 aliphatic carbocycles. The molecule has 1 aliphatic rings. The van der Waals surface area contributed by atoms with E-state index in [9.17, 15) is 4.79 Å². The Balaban J connectivity index is 1.65. The Morgan fingerprint density at radius 3 is 2.33 bits per heavy atom. The molecule has 3 aromatic rings. The molecule has 6 nitrogen and oxygen atoms in total. The van der Waals surface area contributed by atoms with Gasteiger partial charge in [0.25, 0.3) is 0 Å². The van der Waals surface area contributed by atoms with Crippen LogP contribution in [0.25, 0.3) is 0 Å². The third-order valence-electron chi connectivity index (χ3n) is 6.06. The predicted octanol–water partition coefficient (Wildman–Crippen LogP) is 4.61. The third kappa shape index (κ3) is 4.81. The zero-order valence-electron chi connectivity index (χ0n) is 19.6. The summed E-state index contributed by atoms with van der Waals surface area (Å²) in [7, 11) is 4.90. The number of fused-ring (bicyclic) bond motifs is 1. The first kappa shape index (κ1) is 22.7. The highest BCUT2D eigenvalue weighted by Gasteiger charge is 2.31. The van der Waals surface area contributed by atoms with Crippen molar-refractivity contribution in [3.63, 3.8) is 0 Å². The molecule has 4 rings (SSSR count). The van der Waals surface area contributed by atoms with Crippen LogP contribution in [0.2, 0.25) is 0 Å². The number of carbonyl (C=O) groups excluding carboxylic acids is 1. The van der Waals surface area contributed by atoms with Gasteiger partial charge < -0.3 is 19.5 Å². The molecule has 0 aromatic heterocycles. The second-order valence-electron chi connectivity index (χ2n) is 8.19. The quantitative estimate of drug-likeness (QED) is 0.575. The predicted molar refractivity (Wildman–Crippen MR) is 129 cm³/mol. The maximum absolute atomic E-state index is 13.1. The Bertz CT molecular complexity index is 1130. The van der Waals surface area contributed by atoms with Crippen LogP contribution in [0.4, 0.5) is 5.69 Å². The number of hydrogen-bond acceptors (Lipinski definition) is 5. The number of rotatable bonds is 7. The maximum Gasteiger partial charge on any atom is 0.238 e. The van der Waals surface area contributed by atoms with Gasteiger partial charge >= 0.3 is 0 Å². The van der Waals surface area contributed by atoms with E-state index in [-0.39, 0.29) is 18.5 Å². The standard InChI is InChI=1S/C27H30N2O4/c1-18-10-11-23(31-2)22(14-18)28-26(30)17-29-13-12-20-15-24(32-3)25(33-4)16-21(20)27(29)19-8-6-5-7-9-19/h5-11,14-16,27H,12-13,17H2,1-4H3,(H,28,30). The van der Waals surface area contributed by atoms with E-state index in [4.69, 9.17) is 14.2 Å². The number of ether oxygens (including phenoxy) is 3. The molecule has 3 aromatic carbocycles. The third-order valence-corrected chi connectivity index (χ3v) is 6.06. The van der Waals surface area contributed by atoms with Crippen molar-refractivity contribution in [2.24, 2.45) is 0 Å². The average Bonchev–Trinajstić information content (AvgIpc) is 2.83. The number of aryl methyl sites for hydroxylation is 1. The summed E-state index contributed by atoms with van der Waals surface area (Å²) in [6.45, 7) is 2.99. The van der Waals surface area contributed by atoms with Gasteiger partial charge in [0, 0.05) is 6.54 Å².